The van der Waals surface area contributed by atoms with Crippen LogP contribution in [0.15, 0.2) is 12.1 Å². The highest BCUT2D eigenvalue weighted by molar-refractivity contribution is 5.72. The average molecular weight is 250 g/mol. The van der Waals surface area contributed by atoms with Gasteiger partial charge in [-0.2, -0.15) is 0 Å². The van der Waals surface area contributed by atoms with Crippen LogP contribution in [0, 0.1) is 19.8 Å². The Morgan fingerprint density at radius 1 is 1.28 bits per heavy atom. The number of rotatable bonds is 5. The predicted molar refractivity (Wildman–Crippen MR) is 72.0 cm³/mol. The fraction of sp³-hybridized carbons (Fsp3) is 0.533. The molecule has 0 spiro atoms. The van der Waals surface area contributed by atoms with Crippen LogP contribution >= 0.6 is 0 Å². The SMILES string of the molecule is CCC(Cc1c(C)cc(C)cc1OC)C(=O)OC. The monoisotopic (exact) mass is 250 g/mol. The molecule has 3 nitrogen and oxygen atoms in total. The van der Waals surface area contributed by atoms with Gasteiger partial charge in [0.25, 0.3) is 0 Å². The second-order valence-electron chi connectivity index (χ2n) is 4.60. The zero-order chi connectivity index (χ0) is 13.7. The third kappa shape index (κ3) is 3.25. The molecule has 1 aromatic rings. The Morgan fingerprint density at radius 2 is 1.94 bits per heavy atom. The molecule has 0 radical (unpaired) electrons. The minimum atomic E-state index is -0.153. The van der Waals surface area contributed by atoms with Crippen molar-refractivity contribution in [3.05, 3.63) is 28.8 Å². The van der Waals surface area contributed by atoms with Crippen LogP contribution in [0.5, 0.6) is 5.75 Å². The fourth-order valence-electron chi connectivity index (χ4n) is 2.21. The number of hydrogen-bond acceptors (Lipinski definition) is 3. The van der Waals surface area contributed by atoms with E-state index in [-0.39, 0.29) is 11.9 Å². The van der Waals surface area contributed by atoms with Gasteiger partial charge in [-0.1, -0.05) is 13.0 Å². The first kappa shape index (κ1) is 14.6. The Morgan fingerprint density at radius 3 is 2.44 bits per heavy atom. The van der Waals surface area contributed by atoms with E-state index in [0.717, 1.165) is 23.3 Å². The van der Waals surface area contributed by atoms with Crippen LogP contribution in [0.1, 0.15) is 30.0 Å². The van der Waals surface area contributed by atoms with E-state index in [1.165, 1.54) is 12.7 Å². The molecule has 0 amide bonds. The van der Waals surface area contributed by atoms with E-state index in [1.54, 1.807) is 7.11 Å². The number of benzene rings is 1. The molecular formula is C15H22O3. The van der Waals surface area contributed by atoms with Crippen molar-refractivity contribution >= 4 is 5.97 Å². The first-order chi connectivity index (χ1) is 8.53. The maximum absolute atomic E-state index is 11.7. The third-order valence-electron chi connectivity index (χ3n) is 3.27. The molecule has 3 heteroatoms. The summed E-state index contributed by atoms with van der Waals surface area (Å²) in [7, 11) is 3.10. The van der Waals surface area contributed by atoms with Crippen LogP contribution in [0.2, 0.25) is 0 Å². The van der Waals surface area contributed by atoms with Gasteiger partial charge in [-0.3, -0.25) is 4.79 Å². The molecular weight excluding hydrogens is 228 g/mol. The van der Waals surface area contributed by atoms with Gasteiger partial charge in [-0.25, -0.2) is 0 Å². The van der Waals surface area contributed by atoms with Gasteiger partial charge < -0.3 is 9.47 Å². The molecule has 0 bridgehead atoms. The van der Waals surface area contributed by atoms with Gasteiger partial charge in [-0.15, -0.1) is 0 Å². The lowest BCUT2D eigenvalue weighted by molar-refractivity contribution is -0.145. The van der Waals surface area contributed by atoms with Crippen molar-refractivity contribution in [2.24, 2.45) is 5.92 Å². The average Bonchev–Trinajstić information content (AvgIpc) is 2.36. The smallest absolute Gasteiger partial charge is 0.308 e. The van der Waals surface area contributed by atoms with Crippen molar-refractivity contribution in [2.75, 3.05) is 14.2 Å². The number of ether oxygens (including phenoxy) is 2. The molecule has 0 aromatic heterocycles. The molecule has 1 rings (SSSR count). The number of esters is 1. The van der Waals surface area contributed by atoms with Gasteiger partial charge in [0.2, 0.25) is 0 Å². The summed E-state index contributed by atoms with van der Waals surface area (Å²) >= 11 is 0. The van der Waals surface area contributed by atoms with Gasteiger partial charge >= 0.3 is 5.97 Å². The number of methoxy groups -OCH3 is 2. The number of hydrogen-bond donors (Lipinski definition) is 0. The highest BCUT2D eigenvalue weighted by Crippen LogP contribution is 2.28. The third-order valence-corrected chi connectivity index (χ3v) is 3.27. The molecule has 100 valence electrons. The fourth-order valence-corrected chi connectivity index (χ4v) is 2.21. The largest absolute Gasteiger partial charge is 0.496 e. The van der Waals surface area contributed by atoms with Crippen molar-refractivity contribution < 1.29 is 14.3 Å². The van der Waals surface area contributed by atoms with Crippen LogP contribution in [0.4, 0.5) is 0 Å². The summed E-state index contributed by atoms with van der Waals surface area (Å²) in [4.78, 5) is 11.7. The molecule has 1 unspecified atom stereocenters. The zero-order valence-corrected chi connectivity index (χ0v) is 11.9. The summed E-state index contributed by atoms with van der Waals surface area (Å²) in [6.45, 7) is 6.09. The molecule has 0 saturated carbocycles. The summed E-state index contributed by atoms with van der Waals surface area (Å²) in [6.07, 6.45) is 1.43. The van der Waals surface area contributed by atoms with Crippen molar-refractivity contribution in [3.63, 3.8) is 0 Å². The molecule has 0 aliphatic carbocycles. The zero-order valence-electron chi connectivity index (χ0n) is 11.9. The molecule has 0 N–H and O–H groups in total. The number of aryl methyl sites for hydroxylation is 2. The van der Waals surface area contributed by atoms with E-state index in [4.69, 9.17) is 9.47 Å². The minimum Gasteiger partial charge on any atom is -0.496 e. The van der Waals surface area contributed by atoms with Crippen molar-refractivity contribution in [1.82, 2.24) is 0 Å². The second-order valence-corrected chi connectivity index (χ2v) is 4.60. The van der Waals surface area contributed by atoms with Crippen LogP contribution in [-0.4, -0.2) is 20.2 Å². The van der Waals surface area contributed by atoms with Gasteiger partial charge in [0.15, 0.2) is 0 Å². The second kappa shape index (κ2) is 6.43. The lowest BCUT2D eigenvalue weighted by Crippen LogP contribution is -2.18. The standard InChI is InChI=1S/C15H22O3/c1-6-12(15(16)18-5)9-13-11(3)7-10(2)8-14(13)17-4/h7-8,12H,6,9H2,1-5H3. The van der Waals surface area contributed by atoms with Gasteiger partial charge in [0, 0.05) is 0 Å². The number of carbonyl (C=O) groups excluding carboxylic acids is 1. The Hall–Kier alpha value is -1.51. The lowest BCUT2D eigenvalue weighted by Gasteiger charge is -2.17. The van der Waals surface area contributed by atoms with E-state index < -0.39 is 0 Å². The highest BCUT2D eigenvalue weighted by atomic mass is 16.5. The summed E-state index contributed by atoms with van der Waals surface area (Å²) < 4.78 is 10.2. The molecule has 18 heavy (non-hydrogen) atoms. The Labute approximate surface area is 109 Å². The van der Waals surface area contributed by atoms with Gasteiger partial charge in [0.1, 0.15) is 5.75 Å². The Bertz CT molecular complexity index is 424. The van der Waals surface area contributed by atoms with E-state index >= 15 is 0 Å². The lowest BCUT2D eigenvalue weighted by atomic mass is 9.92. The normalized spacial score (nSPS) is 12.1. The van der Waals surface area contributed by atoms with E-state index in [2.05, 4.69) is 13.0 Å². The molecule has 0 saturated heterocycles. The first-order valence-corrected chi connectivity index (χ1v) is 6.25. The molecule has 1 atom stereocenters. The molecule has 0 aliphatic rings. The minimum absolute atomic E-state index is 0.106. The summed E-state index contributed by atoms with van der Waals surface area (Å²) in [5.41, 5.74) is 3.42. The van der Waals surface area contributed by atoms with Crippen LogP contribution < -0.4 is 4.74 Å². The van der Waals surface area contributed by atoms with Gasteiger partial charge in [0.05, 0.1) is 20.1 Å². The van der Waals surface area contributed by atoms with Gasteiger partial charge in [-0.05, 0) is 49.4 Å². The van der Waals surface area contributed by atoms with Crippen molar-refractivity contribution in [2.45, 2.75) is 33.6 Å². The Balaban J connectivity index is 3.05. The Kier molecular flexibility index (Phi) is 5.20. The number of carbonyl (C=O) groups is 1. The van der Waals surface area contributed by atoms with Crippen LogP contribution in [0.25, 0.3) is 0 Å². The van der Waals surface area contributed by atoms with Crippen molar-refractivity contribution in [3.8, 4) is 5.75 Å². The predicted octanol–water partition coefficient (Wildman–Crippen LogP) is 3.05. The van der Waals surface area contributed by atoms with Crippen molar-refractivity contribution in [1.29, 1.82) is 0 Å². The molecule has 0 heterocycles. The van der Waals surface area contributed by atoms with E-state index in [1.807, 2.05) is 19.9 Å². The molecule has 1 aromatic carbocycles. The summed E-state index contributed by atoms with van der Waals surface area (Å²) in [5, 5.41) is 0. The summed E-state index contributed by atoms with van der Waals surface area (Å²) in [6, 6.07) is 4.12. The maximum atomic E-state index is 11.7. The van der Waals surface area contributed by atoms with Crippen LogP contribution in [-0.2, 0) is 16.0 Å². The van der Waals surface area contributed by atoms with Crippen LogP contribution in [0.3, 0.4) is 0 Å². The summed E-state index contributed by atoms with van der Waals surface area (Å²) in [5.74, 6) is 0.597. The topological polar surface area (TPSA) is 35.5 Å². The van der Waals surface area contributed by atoms with E-state index in [0.29, 0.717) is 6.42 Å². The molecule has 0 aliphatic heterocycles. The highest BCUT2D eigenvalue weighted by Gasteiger charge is 2.20. The maximum Gasteiger partial charge on any atom is 0.308 e. The first-order valence-electron chi connectivity index (χ1n) is 6.25. The quantitative estimate of drug-likeness (QED) is 0.753. The van der Waals surface area contributed by atoms with E-state index in [9.17, 15) is 4.79 Å². The molecule has 0 fully saturated rings.